The molecule has 0 atom stereocenters. The van der Waals surface area contributed by atoms with Crippen LogP contribution in [0.1, 0.15) is 5.69 Å². The number of benzene rings is 1. The monoisotopic (exact) mass is 256 g/mol. The van der Waals surface area contributed by atoms with Gasteiger partial charge in [-0.05, 0) is 6.07 Å². The maximum atomic E-state index is 8.95. The van der Waals surface area contributed by atoms with Gasteiger partial charge in [0, 0.05) is 29.7 Å². The summed E-state index contributed by atoms with van der Waals surface area (Å²) in [7, 11) is 1.80. The lowest BCUT2D eigenvalue weighted by atomic mass is 10.1. The summed E-state index contributed by atoms with van der Waals surface area (Å²) in [6.07, 6.45) is 1.88. The number of fused-ring (bicyclic) bond motifs is 1. The van der Waals surface area contributed by atoms with Crippen molar-refractivity contribution in [3.05, 3.63) is 41.3 Å². The molecule has 0 spiro atoms. The van der Waals surface area contributed by atoms with Gasteiger partial charge in [-0.2, -0.15) is 5.26 Å². The molecule has 0 radical (unpaired) electrons. The standard InChI is InChI=1S/C13H9ClN4/c1-18-12(14)11(6-15)17-13(18)9-7-16-10-5-3-2-4-8(9)10/h2-5,7,16H,1H3. The van der Waals surface area contributed by atoms with E-state index >= 15 is 0 Å². The molecule has 18 heavy (non-hydrogen) atoms. The molecular weight excluding hydrogens is 248 g/mol. The van der Waals surface area contributed by atoms with Gasteiger partial charge in [-0.25, -0.2) is 4.98 Å². The van der Waals surface area contributed by atoms with E-state index in [1.165, 1.54) is 0 Å². The number of nitriles is 1. The Balaban J connectivity index is 2.30. The molecule has 0 amide bonds. The number of imidazole rings is 1. The minimum absolute atomic E-state index is 0.249. The second kappa shape index (κ2) is 3.90. The van der Waals surface area contributed by atoms with Gasteiger partial charge >= 0.3 is 0 Å². The number of H-pyrrole nitrogens is 1. The number of aromatic nitrogens is 3. The molecule has 4 nitrogen and oxygen atoms in total. The van der Waals surface area contributed by atoms with Crippen molar-refractivity contribution in [2.45, 2.75) is 0 Å². The molecular formula is C13H9ClN4. The highest BCUT2D eigenvalue weighted by atomic mass is 35.5. The van der Waals surface area contributed by atoms with Crippen LogP contribution in [0.3, 0.4) is 0 Å². The van der Waals surface area contributed by atoms with Gasteiger partial charge in [0.05, 0.1) is 0 Å². The summed E-state index contributed by atoms with van der Waals surface area (Å²) in [5.74, 6) is 0.689. The number of nitrogens with zero attached hydrogens (tertiary/aromatic N) is 3. The van der Waals surface area contributed by atoms with Crippen molar-refractivity contribution in [1.82, 2.24) is 14.5 Å². The number of hydrogen-bond donors (Lipinski definition) is 1. The van der Waals surface area contributed by atoms with E-state index in [0.717, 1.165) is 16.5 Å². The van der Waals surface area contributed by atoms with Crippen molar-refractivity contribution < 1.29 is 0 Å². The van der Waals surface area contributed by atoms with Gasteiger partial charge in [-0.3, -0.25) is 0 Å². The molecule has 3 rings (SSSR count). The van der Waals surface area contributed by atoms with E-state index in [2.05, 4.69) is 9.97 Å². The van der Waals surface area contributed by atoms with Crippen LogP contribution < -0.4 is 0 Å². The van der Waals surface area contributed by atoms with Crippen LogP contribution >= 0.6 is 11.6 Å². The van der Waals surface area contributed by atoms with Gasteiger partial charge in [-0.15, -0.1) is 0 Å². The summed E-state index contributed by atoms with van der Waals surface area (Å²) in [6.45, 7) is 0. The Labute approximate surface area is 108 Å². The minimum Gasteiger partial charge on any atom is -0.360 e. The molecule has 1 aromatic carbocycles. The lowest BCUT2D eigenvalue weighted by Crippen LogP contribution is -1.91. The van der Waals surface area contributed by atoms with E-state index < -0.39 is 0 Å². The third kappa shape index (κ3) is 1.41. The highest BCUT2D eigenvalue weighted by Crippen LogP contribution is 2.30. The Bertz CT molecular complexity index is 776. The largest absolute Gasteiger partial charge is 0.360 e. The normalized spacial score (nSPS) is 10.7. The van der Waals surface area contributed by atoms with Gasteiger partial charge in [-0.1, -0.05) is 29.8 Å². The number of hydrogen-bond acceptors (Lipinski definition) is 2. The maximum Gasteiger partial charge on any atom is 0.178 e. The highest BCUT2D eigenvalue weighted by molar-refractivity contribution is 6.30. The number of nitrogens with one attached hydrogen (secondary N) is 1. The van der Waals surface area contributed by atoms with Gasteiger partial charge in [0.2, 0.25) is 0 Å². The predicted octanol–water partition coefficient (Wildman–Crippen LogP) is 3.09. The van der Waals surface area contributed by atoms with Crippen molar-refractivity contribution in [1.29, 1.82) is 5.26 Å². The van der Waals surface area contributed by atoms with Crippen LogP contribution in [0.2, 0.25) is 5.15 Å². The number of para-hydroxylation sites is 1. The van der Waals surface area contributed by atoms with Gasteiger partial charge in [0.15, 0.2) is 5.69 Å². The molecule has 0 saturated heterocycles. The van der Waals surface area contributed by atoms with Crippen LogP contribution in [0.15, 0.2) is 30.5 Å². The first-order valence-electron chi connectivity index (χ1n) is 5.41. The molecule has 0 bridgehead atoms. The van der Waals surface area contributed by atoms with E-state index in [0.29, 0.717) is 11.0 Å². The zero-order chi connectivity index (χ0) is 12.7. The number of halogens is 1. The molecule has 2 heterocycles. The van der Waals surface area contributed by atoms with E-state index in [4.69, 9.17) is 16.9 Å². The molecule has 88 valence electrons. The molecule has 0 aliphatic rings. The van der Waals surface area contributed by atoms with E-state index in [9.17, 15) is 0 Å². The molecule has 1 N–H and O–H groups in total. The fourth-order valence-corrected chi connectivity index (χ4v) is 2.21. The zero-order valence-corrected chi connectivity index (χ0v) is 10.4. The van der Waals surface area contributed by atoms with Crippen LogP contribution in [0, 0.1) is 11.3 Å². The third-order valence-corrected chi connectivity index (χ3v) is 3.39. The number of rotatable bonds is 1. The van der Waals surface area contributed by atoms with Crippen molar-refractivity contribution >= 4 is 22.5 Å². The average molecular weight is 257 g/mol. The van der Waals surface area contributed by atoms with Crippen molar-refractivity contribution in [2.75, 3.05) is 0 Å². The topological polar surface area (TPSA) is 57.4 Å². The summed E-state index contributed by atoms with van der Waals surface area (Å²) in [6, 6.07) is 9.93. The third-order valence-electron chi connectivity index (χ3n) is 2.96. The maximum absolute atomic E-state index is 8.95. The number of aromatic amines is 1. The van der Waals surface area contributed by atoms with E-state index in [1.54, 1.807) is 11.6 Å². The molecule has 3 aromatic rings. The summed E-state index contributed by atoms with van der Waals surface area (Å²) < 4.78 is 1.72. The van der Waals surface area contributed by atoms with Crippen LogP contribution in [0.25, 0.3) is 22.3 Å². The van der Waals surface area contributed by atoms with E-state index in [1.807, 2.05) is 36.5 Å². The van der Waals surface area contributed by atoms with Gasteiger partial charge in [0.1, 0.15) is 17.0 Å². The second-order valence-electron chi connectivity index (χ2n) is 3.99. The van der Waals surface area contributed by atoms with Crippen molar-refractivity contribution in [3.8, 4) is 17.5 Å². The Kier molecular flexibility index (Phi) is 2.35. The van der Waals surface area contributed by atoms with Crippen LogP contribution in [0.5, 0.6) is 0 Å². The lowest BCUT2D eigenvalue weighted by molar-refractivity contribution is 0.926. The summed E-state index contributed by atoms with van der Waals surface area (Å²) in [5.41, 5.74) is 2.22. The smallest absolute Gasteiger partial charge is 0.178 e. The van der Waals surface area contributed by atoms with Crippen LogP contribution in [-0.2, 0) is 7.05 Å². The van der Waals surface area contributed by atoms with Gasteiger partial charge in [0.25, 0.3) is 0 Å². The molecule has 0 unspecified atom stereocenters. The zero-order valence-electron chi connectivity index (χ0n) is 9.61. The second-order valence-corrected chi connectivity index (χ2v) is 4.35. The van der Waals surface area contributed by atoms with Crippen molar-refractivity contribution in [3.63, 3.8) is 0 Å². The first kappa shape index (κ1) is 10.9. The summed E-state index contributed by atoms with van der Waals surface area (Å²) in [5, 5.41) is 10.4. The predicted molar refractivity (Wildman–Crippen MR) is 70.2 cm³/mol. The molecule has 0 aliphatic heterocycles. The fourth-order valence-electron chi connectivity index (χ4n) is 2.05. The first-order chi connectivity index (χ1) is 8.72. The molecule has 5 heteroatoms. The minimum atomic E-state index is 0.249. The SMILES string of the molecule is Cn1c(-c2c[nH]c3ccccc23)nc(C#N)c1Cl. The summed E-state index contributed by atoms with van der Waals surface area (Å²) in [4.78, 5) is 7.45. The molecule has 0 saturated carbocycles. The summed E-state index contributed by atoms with van der Waals surface area (Å²) >= 11 is 6.05. The Hall–Kier alpha value is -2.25. The first-order valence-corrected chi connectivity index (χ1v) is 5.79. The Morgan fingerprint density at radius 1 is 1.39 bits per heavy atom. The quantitative estimate of drug-likeness (QED) is 0.727. The fraction of sp³-hybridized carbons (Fsp3) is 0.0769. The highest BCUT2D eigenvalue weighted by Gasteiger charge is 2.16. The molecule has 0 fully saturated rings. The molecule has 0 aliphatic carbocycles. The average Bonchev–Trinajstić information content (AvgIpc) is 2.93. The Morgan fingerprint density at radius 2 is 2.17 bits per heavy atom. The van der Waals surface area contributed by atoms with Gasteiger partial charge < -0.3 is 9.55 Å². The van der Waals surface area contributed by atoms with E-state index in [-0.39, 0.29) is 5.69 Å². The van der Waals surface area contributed by atoms with Crippen LogP contribution in [-0.4, -0.2) is 14.5 Å². The lowest BCUT2D eigenvalue weighted by Gasteiger charge is -2.00. The van der Waals surface area contributed by atoms with Crippen molar-refractivity contribution in [2.24, 2.45) is 7.05 Å². The molecule has 2 aromatic heterocycles. The Morgan fingerprint density at radius 3 is 2.89 bits per heavy atom. The van der Waals surface area contributed by atoms with Crippen LogP contribution in [0.4, 0.5) is 0 Å².